The minimum Gasteiger partial charge on any atom is -0.481 e. The topological polar surface area (TPSA) is 79.3 Å². The SMILES string of the molecule is CCCCN(C(=O)CN1CC(c2ccc3c(c2)OCO3)C(C(=O)O)C1CC(C)CCC)c1cccc(C[N+](C)(C)C)c1. The number of carbonyl (C=O) groups excluding carboxylic acids is 1. The number of quaternary nitrogens is 1. The predicted octanol–water partition coefficient (Wildman–Crippen LogP) is 5.75. The van der Waals surface area contributed by atoms with E-state index in [0.29, 0.717) is 30.5 Å². The molecule has 1 amide bonds. The summed E-state index contributed by atoms with van der Waals surface area (Å²) in [5.41, 5.74) is 3.03. The molecule has 4 atom stereocenters. The molecule has 4 rings (SSSR count). The van der Waals surface area contributed by atoms with Crippen LogP contribution in [0.1, 0.15) is 69.9 Å². The molecule has 8 heteroatoms. The number of ether oxygens (including phenoxy) is 2. The second kappa shape index (κ2) is 13.9. The molecular weight excluding hydrogens is 530 g/mol. The van der Waals surface area contributed by atoms with Gasteiger partial charge in [0, 0.05) is 36.3 Å². The van der Waals surface area contributed by atoms with Crippen LogP contribution in [-0.4, -0.2) is 80.0 Å². The van der Waals surface area contributed by atoms with Crippen molar-refractivity contribution in [3.63, 3.8) is 0 Å². The summed E-state index contributed by atoms with van der Waals surface area (Å²) in [5.74, 6) is 0.0458. The Labute approximate surface area is 251 Å². The number of aliphatic carboxylic acids is 1. The molecular formula is C34H50N3O5+. The Hall–Kier alpha value is -3.10. The van der Waals surface area contributed by atoms with Gasteiger partial charge in [-0.2, -0.15) is 0 Å². The lowest BCUT2D eigenvalue weighted by Crippen LogP contribution is -2.45. The first-order valence-electron chi connectivity index (χ1n) is 15.6. The molecule has 0 saturated carbocycles. The van der Waals surface area contributed by atoms with Gasteiger partial charge < -0.3 is 24.0 Å². The summed E-state index contributed by atoms with van der Waals surface area (Å²) in [4.78, 5) is 31.1. The van der Waals surface area contributed by atoms with Crippen LogP contribution in [0.2, 0.25) is 0 Å². The van der Waals surface area contributed by atoms with Crippen LogP contribution < -0.4 is 14.4 Å². The van der Waals surface area contributed by atoms with Crippen molar-refractivity contribution in [2.24, 2.45) is 11.8 Å². The number of hydrogen-bond acceptors (Lipinski definition) is 5. The van der Waals surface area contributed by atoms with Gasteiger partial charge in [-0.25, -0.2) is 0 Å². The Bertz CT molecular complexity index is 1230. The van der Waals surface area contributed by atoms with Gasteiger partial charge in [0.15, 0.2) is 11.5 Å². The van der Waals surface area contributed by atoms with Crippen LogP contribution in [0.15, 0.2) is 42.5 Å². The highest BCUT2D eigenvalue weighted by Crippen LogP contribution is 2.43. The van der Waals surface area contributed by atoms with Crippen LogP contribution in [-0.2, 0) is 16.1 Å². The molecule has 2 aromatic carbocycles. The van der Waals surface area contributed by atoms with E-state index >= 15 is 0 Å². The fraction of sp³-hybridized carbons (Fsp3) is 0.588. The summed E-state index contributed by atoms with van der Waals surface area (Å²) in [7, 11) is 6.49. The number of fused-ring (bicyclic) bond motifs is 1. The quantitative estimate of drug-likeness (QED) is 0.287. The van der Waals surface area contributed by atoms with Gasteiger partial charge in [0.05, 0.1) is 33.6 Å². The van der Waals surface area contributed by atoms with Gasteiger partial charge in [0.1, 0.15) is 6.54 Å². The maximum absolute atomic E-state index is 14.1. The van der Waals surface area contributed by atoms with Crippen LogP contribution in [0.4, 0.5) is 5.69 Å². The number of benzene rings is 2. The third-order valence-electron chi connectivity index (χ3n) is 8.54. The summed E-state index contributed by atoms with van der Waals surface area (Å²) in [6.07, 6.45) is 4.70. The largest absolute Gasteiger partial charge is 0.481 e. The maximum Gasteiger partial charge on any atom is 0.308 e. The molecule has 1 saturated heterocycles. The van der Waals surface area contributed by atoms with Gasteiger partial charge in [-0.1, -0.05) is 58.2 Å². The molecule has 8 nitrogen and oxygen atoms in total. The number of hydrogen-bond donors (Lipinski definition) is 1. The lowest BCUT2D eigenvalue weighted by Gasteiger charge is -2.31. The zero-order chi connectivity index (χ0) is 30.4. The lowest BCUT2D eigenvalue weighted by molar-refractivity contribution is -0.884. The summed E-state index contributed by atoms with van der Waals surface area (Å²) in [6, 6.07) is 13.8. The molecule has 2 aliphatic heterocycles. The molecule has 1 N–H and O–H groups in total. The highest BCUT2D eigenvalue weighted by atomic mass is 16.7. The van der Waals surface area contributed by atoms with E-state index in [1.54, 1.807) is 0 Å². The van der Waals surface area contributed by atoms with Crippen molar-refractivity contribution in [3.8, 4) is 11.5 Å². The average molecular weight is 581 g/mol. The van der Waals surface area contributed by atoms with E-state index < -0.39 is 11.9 Å². The Kier molecular flexibility index (Phi) is 10.5. The van der Waals surface area contributed by atoms with E-state index in [-0.39, 0.29) is 31.2 Å². The first-order valence-corrected chi connectivity index (χ1v) is 15.6. The molecule has 2 aromatic rings. The summed E-state index contributed by atoms with van der Waals surface area (Å²) in [6.45, 7) is 8.87. The fourth-order valence-corrected chi connectivity index (χ4v) is 6.63. The molecule has 0 bridgehead atoms. The summed E-state index contributed by atoms with van der Waals surface area (Å²) >= 11 is 0. The van der Waals surface area contributed by atoms with Crippen molar-refractivity contribution >= 4 is 17.6 Å². The number of carboxylic acids is 1. The second-order valence-corrected chi connectivity index (χ2v) is 13.2. The van der Waals surface area contributed by atoms with E-state index in [4.69, 9.17) is 9.47 Å². The Morgan fingerprint density at radius 1 is 1.07 bits per heavy atom. The highest BCUT2D eigenvalue weighted by Gasteiger charge is 2.47. The second-order valence-electron chi connectivity index (χ2n) is 13.2. The van der Waals surface area contributed by atoms with E-state index in [0.717, 1.165) is 54.4 Å². The Balaban J connectivity index is 1.63. The normalized spacial score (nSPS) is 21.0. The van der Waals surface area contributed by atoms with E-state index in [1.807, 2.05) is 35.2 Å². The van der Waals surface area contributed by atoms with E-state index in [2.05, 4.69) is 58.9 Å². The van der Waals surface area contributed by atoms with Gasteiger partial charge in [-0.15, -0.1) is 0 Å². The smallest absolute Gasteiger partial charge is 0.308 e. The van der Waals surface area contributed by atoms with Crippen LogP contribution >= 0.6 is 0 Å². The average Bonchev–Trinajstić information content (AvgIpc) is 3.52. The molecule has 4 unspecified atom stereocenters. The molecule has 230 valence electrons. The monoisotopic (exact) mass is 580 g/mol. The highest BCUT2D eigenvalue weighted by molar-refractivity contribution is 5.95. The Morgan fingerprint density at radius 2 is 1.83 bits per heavy atom. The number of likely N-dealkylation sites (tertiary alicyclic amines) is 1. The standard InChI is InChI=1S/C34H49N3O5/c1-7-9-16-36(27-13-10-12-25(18-27)22-37(4,5)6)32(38)21-35-20-28(26-14-15-30-31(19-26)42-23-41-30)33(34(39)40)29(35)17-24(3)11-8-2/h10,12-15,18-19,24,28-29,33H,7-9,11,16-17,20-23H2,1-6H3/p+1. The van der Waals surface area contributed by atoms with Crippen LogP contribution in [0.5, 0.6) is 11.5 Å². The zero-order valence-corrected chi connectivity index (χ0v) is 26.3. The third kappa shape index (κ3) is 7.84. The van der Waals surface area contributed by atoms with Gasteiger partial charge in [-0.3, -0.25) is 14.5 Å². The van der Waals surface area contributed by atoms with Gasteiger partial charge in [0.25, 0.3) is 0 Å². The number of carbonyl (C=O) groups is 2. The van der Waals surface area contributed by atoms with Crippen molar-refractivity contribution in [1.29, 1.82) is 0 Å². The molecule has 2 heterocycles. The van der Waals surface area contributed by atoms with E-state index in [1.165, 1.54) is 5.56 Å². The van der Waals surface area contributed by atoms with Crippen LogP contribution in [0, 0.1) is 11.8 Å². The minimum absolute atomic E-state index is 0.0227. The summed E-state index contributed by atoms with van der Waals surface area (Å²) < 4.78 is 11.9. The van der Waals surface area contributed by atoms with Crippen LogP contribution in [0.3, 0.4) is 0 Å². The van der Waals surface area contributed by atoms with Crippen molar-refractivity contribution in [2.75, 3.05) is 52.5 Å². The Morgan fingerprint density at radius 3 is 2.52 bits per heavy atom. The molecule has 0 aromatic heterocycles. The molecule has 42 heavy (non-hydrogen) atoms. The number of nitrogens with zero attached hydrogens (tertiary/aromatic N) is 3. The molecule has 0 spiro atoms. The minimum atomic E-state index is -0.808. The third-order valence-corrected chi connectivity index (χ3v) is 8.54. The maximum atomic E-state index is 14.1. The van der Waals surface area contributed by atoms with Crippen molar-refractivity contribution in [3.05, 3.63) is 53.6 Å². The molecule has 0 radical (unpaired) electrons. The first-order chi connectivity index (χ1) is 20.0. The molecule has 0 aliphatic carbocycles. The number of anilines is 1. The predicted molar refractivity (Wildman–Crippen MR) is 166 cm³/mol. The fourth-order valence-electron chi connectivity index (χ4n) is 6.63. The van der Waals surface area contributed by atoms with Crippen molar-refractivity contribution in [1.82, 2.24) is 4.90 Å². The van der Waals surface area contributed by atoms with Gasteiger partial charge in [0.2, 0.25) is 12.7 Å². The molecule has 2 aliphatic rings. The summed E-state index contributed by atoms with van der Waals surface area (Å²) in [5, 5.41) is 10.6. The lowest BCUT2D eigenvalue weighted by atomic mass is 9.81. The number of unbranched alkanes of at least 4 members (excludes halogenated alkanes) is 1. The number of rotatable bonds is 14. The number of amides is 1. The molecule has 1 fully saturated rings. The van der Waals surface area contributed by atoms with Crippen molar-refractivity contribution in [2.45, 2.75) is 71.4 Å². The van der Waals surface area contributed by atoms with Gasteiger partial charge in [-0.05, 0) is 48.6 Å². The van der Waals surface area contributed by atoms with Crippen molar-refractivity contribution < 1.29 is 28.7 Å². The van der Waals surface area contributed by atoms with Gasteiger partial charge >= 0.3 is 5.97 Å². The zero-order valence-electron chi connectivity index (χ0n) is 26.3. The van der Waals surface area contributed by atoms with E-state index in [9.17, 15) is 14.7 Å². The van der Waals surface area contributed by atoms with Crippen LogP contribution in [0.25, 0.3) is 0 Å². The first kappa shape index (κ1) is 31.8. The number of carboxylic acid groups (broad SMARTS) is 1.